The first-order valence-electron chi connectivity index (χ1n) is 9.46. The number of carbonyl (C=O) groups excluding carboxylic acids is 2. The summed E-state index contributed by atoms with van der Waals surface area (Å²) < 4.78 is 33.1. The average molecular weight is 437 g/mol. The molecule has 1 aliphatic rings. The molecule has 4 nitrogen and oxygen atoms in total. The highest BCUT2D eigenvalue weighted by Crippen LogP contribution is 2.33. The van der Waals surface area contributed by atoms with Gasteiger partial charge < -0.3 is 4.74 Å². The van der Waals surface area contributed by atoms with Crippen molar-refractivity contribution in [3.05, 3.63) is 106 Å². The summed E-state index contributed by atoms with van der Waals surface area (Å²) in [5, 5.41) is -0.440. The van der Waals surface area contributed by atoms with E-state index in [4.69, 9.17) is 4.74 Å². The van der Waals surface area contributed by atoms with Crippen molar-refractivity contribution in [2.24, 2.45) is 0 Å². The SMILES string of the molecule is O=C1S/C(=C\c2ccc(OCc3ccccc3F)cc2)C(=O)N1Cc1ccccc1F. The van der Waals surface area contributed by atoms with Crippen molar-refractivity contribution < 1.29 is 23.1 Å². The average Bonchev–Trinajstić information content (AvgIpc) is 3.03. The molecule has 0 atom stereocenters. The fourth-order valence-corrected chi connectivity index (χ4v) is 3.86. The summed E-state index contributed by atoms with van der Waals surface area (Å²) in [6.45, 7) is -0.0154. The maximum absolute atomic E-state index is 13.9. The van der Waals surface area contributed by atoms with Gasteiger partial charge in [-0.3, -0.25) is 14.5 Å². The molecular formula is C24H17F2NO3S. The Balaban J connectivity index is 1.42. The molecule has 2 amide bonds. The zero-order valence-corrected chi connectivity index (χ0v) is 17.1. The molecule has 1 fully saturated rings. The summed E-state index contributed by atoms with van der Waals surface area (Å²) in [5.74, 6) is -0.701. The Morgan fingerprint density at radius 3 is 2.10 bits per heavy atom. The van der Waals surface area contributed by atoms with E-state index in [1.807, 2.05) is 0 Å². The lowest BCUT2D eigenvalue weighted by molar-refractivity contribution is -0.123. The van der Waals surface area contributed by atoms with E-state index in [1.54, 1.807) is 66.7 Å². The van der Waals surface area contributed by atoms with Crippen LogP contribution in [0.5, 0.6) is 5.75 Å². The van der Waals surface area contributed by atoms with E-state index in [2.05, 4.69) is 0 Å². The maximum Gasteiger partial charge on any atom is 0.293 e. The van der Waals surface area contributed by atoms with Gasteiger partial charge in [0.1, 0.15) is 24.0 Å². The molecule has 4 rings (SSSR count). The molecule has 1 aliphatic heterocycles. The predicted octanol–water partition coefficient (Wildman–Crippen LogP) is 5.78. The second-order valence-electron chi connectivity index (χ2n) is 6.81. The minimum absolute atomic E-state index is 0.0982. The third-order valence-corrected chi connectivity index (χ3v) is 5.60. The van der Waals surface area contributed by atoms with Gasteiger partial charge in [-0.2, -0.15) is 0 Å². The molecule has 0 saturated carbocycles. The Bertz CT molecular complexity index is 1160. The number of rotatable bonds is 6. The highest BCUT2D eigenvalue weighted by molar-refractivity contribution is 8.18. The van der Waals surface area contributed by atoms with E-state index in [1.165, 1.54) is 12.1 Å². The quantitative estimate of drug-likeness (QED) is 0.459. The second kappa shape index (κ2) is 9.14. The summed E-state index contributed by atoms with van der Waals surface area (Å²) in [6.07, 6.45) is 1.60. The standard InChI is InChI=1S/C24H17F2NO3S/c25-20-7-3-1-5-17(20)14-27-23(28)22(31-24(27)29)13-16-9-11-19(12-10-16)30-15-18-6-2-4-8-21(18)26/h1-13H,14-15H2/b22-13-. The molecule has 1 saturated heterocycles. The lowest BCUT2D eigenvalue weighted by Crippen LogP contribution is -2.27. The van der Waals surface area contributed by atoms with Crippen molar-refractivity contribution in [2.75, 3.05) is 0 Å². The highest BCUT2D eigenvalue weighted by Gasteiger charge is 2.35. The molecule has 1 heterocycles. The summed E-state index contributed by atoms with van der Waals surface area (Å²) in [5.41, 5.74) is 1.44. The molecule has 0 aliphatic carbocycles. The number of nitrogens with zero attached hydrogens (tertiary/aromatic N) is 1. The van der Waals surface area contributed by atoms with Crippen LogP contribution in [0.25, 0.3) is 6.08 Å². The van der Waals surface area contributed by atoms with E-state index in [0.717, 1.165) is 16.7 Å². The van der Waals surface area contributed by atoms with Gasteiger partial charge in [-0.25, -0.2) is 8.78 Å². The van der Waals surface area contributed by atoms with Gasteiger partial charge in [-0.15, -0.1) is 0 Å². The zero-order chi connectivity index (χ0) is 21.8. The minimum Gasteiger partial charge on any atom is -0.489 e. The number of amides is 2. The summed E-state index contributed by atoms with van der Waals surface area (Å²) >= 11 is 0.818. The molecule has 3 aromatic rings. The monoisotopic (exact) mass is 437 g/mol. The van der Waals surface area contributed by atoms with Crippen LogP contribution in [-0.2, 0) is 17.9 Å². The third kappa shape index (κ3) is 4.83. The lowest BCUT2D eigenvalue weighted by atomic mass is 10.2. The van der Waals surface area contributed by atoms with Crippen molar-refractivity contribution in [3.8, 4) is 5.75 Å². The predicted molar refractivity (Wildman–Crippen MR) is 115 cm³/mol. The largest absolute Gasteiger partial charge is 0.489 e. The number of carbonyl (C=O) groups is 2. The van der Waals surface area contributed by atoms with Gasteiger partial charge in [-0.05, 0) is 47.7 Å². The van der Waals surface area contributed by atoms with Gasteiger partial charge in [0, 0.05) is 11.1 Å². The molecular weight excluding hydrogens is 420 g/mol. The maximum atomic E-state index is 13.9. The Morgan fingerprint density at radius 2 is 1.45 bits per heavy atom. The molecule has 0 N–H and O–H groups in total. The van der Waals surface area contributed by atoms with Crippen LogP contribution in [-0.4, -0.2) is 16.0 Å². The van der Waals surface area contributed by atoms with Crippen molar-refractivity contribution in [2.45, 2.75) is 13.2 Å². The van der Waals surface area contributed by atoms with E-state index >= 15 is 0 Å². The first kappa shape index (κ1) is 20.8. The van der Waals surface area contributed by atoms with E-state index in [9.17, 15) is 18.4 Å². The molecule has 0 unspecified atom stereocenters. The summed E-state index contributed by atoms with van der Waals surface area (Å²) in [7, 11) is 0. The van der Waals surface area contributed by atoms with Crippen molar-refractivity contribution in [1.29, 1.82) is 0 Å². The zero-order valence-electron chi connectivity index (χ0n) is 16.3. The molecule has 31 heavy (non-hydrogen) atoms. The smallest absolute Gasteiger partial charge is 0.293 e. The third-order valence-electron chi connectivity index (χ3n) is 4.69. The van der Waals surface area contributed by atoms with Crippen LogP contribution in [0.3, 0.4) is 0 Å². The van der Waals surface area contributed by atoms with Gasteiger partial charge in [0.15, 0.2) is 0 Å². The van der Waals surface area contributed by atoms with Crippen LogP contribution >= 0.6 is 11.8 Å². The lowest BCUT2D eigenvalue weighted by Gasteiger charge is -2.12. The minimum atomic E-state index is -0.462. The second-order valence-corrected chi connectivity index (χ2v) is 7.80. The van der Waals surface area contributed by atoms with E-state index in [0.29, 0.717) is 16.9 Å². The number of hydrogen-bond acceptors (Lipinski definition) is 4. The number of ether oxygens (including phenoxy) is 1. The molecule has 7 heteroatoms. The fourth-order valence-electron chi connectivity index (χ4n) is 3.02. The number of imide groups is 1. The number of thioether (sulfide) groups is 1. The molecule has 3 aromatic carbocycles. The van der Waals surface area contributed by atoms with Gasteiger partial charge in [0.25, 0.3) is 11.1 Å². The van der Waals surface area contributed by atoms with Gasteiger partial charge in [0.2, 0.25) is 0 Å². The molecule has 0 radical (unpaired) electrons. The van der Waals surface area contributed by atoms with E-state index in [-0.39, 0.29) is 29.4 Å². The first-order valence-corrected chi connectivity index (χ1v) is 10.3. The van der Waals surface area contributed by atoms with Gasteiger partial charge >= 0.3 is 0 Å². The van der Waals surface area contributed by atoms with Crippen LogP contribution in [0.2, 0.25) is 0 Å². The fraction of sp³-hybridized carbons (Fsp3) is 0.0833. The highest BCUT2D eigenvalue weighted by atomic mass is 32.2. The Labute approximate surface area is 182 Å². The molecule has 0 bridgehead atoms. The Kier molecular flexibility index (Phi) is 6.13. The number of hydrogen-bond donors (Lipinski definition) is 0. The molecule has 0 spiro atoms. The van der Waals surface area contributed by atoms with Gasteiger partial charge in [-0.1, -0.05) is 48.5 Å². The normalized spacial score (nSPS) is 15.0. The van der Waals surface area contributed by atoms with Crippen LogP contribution in [0, 0.1) is 11.6 Å². The van der Waals surface area contributed by atoms with Crippen molar-refractivity contribution in [1.82, 2.24) is 4.90 Å². The Hall–Kier alpha value is -3.45. The van der Waals surface area contributed by atoms with Crippen LogP contribution < -0.4 is 4.74 Å². The van der Waals surface area contributed by atoms with E-state index < -0.39 is 17.0 Å². The van der Waals surface area contributed by atoms with Crippen molar-refractivity contribution >= 4 is 29.0 Å². The summed E-state index contributed by atoms with van der Waals surface area (Å²) in [4.78, 5) is 26.2. The van der Waals surface area contributed by atoms with Crippen LogP contribution in [0.15, 0.2) is 77.7 Å². The van der Waals surface area contributed by atoms with Crippen molar-refractivity contribution in [3.63, 3.8) is 0 Å². The summed E-state index contributed by atoms with van der Waals surface area (Å²) in [6, 6.07) is 19.3. The Morgan fingerprint density at radius 1 is 0.839 bits per heavy atom. The van der Waals surface area contributed by atoms with Crippen LogP contribution in [0.1, 0.15) is 16.7 Å². The number of benzene rings is 3. The molecule has 156 valence electrons. The molecule has 0 aromatic heterocycles. The topological polar surface area (TPSA) is 46.6 Å². The number of halogens is 2. The van der Waals surface area contributed by atoms with Gasteiger partial charge in [0.05, 0.1) is 11.4 Å². The van der Waals surface area contributed by atoms with Crippen LogP contribution in [0.4, 0.5) is 13.6 Å². The first-order chi connectivity index (χ1) is 15.0.